The van der Waals surface area contributed by atoms with Gasteiger partial charge in [-0.15, -0.1) is 11.3 Å². The molecular formula is C13H14FNO2S. The van der Waals surface area contributed by atoms with E-state index in [9.17, 15) is 9.50 Å². The van der Waals surface area contributed by atoms with E-state index in [0.29, 0.717) is 11.3 Å². The highest BCUT2D eigenvalue weighted by molar-refractivity contribution is 7.09. The Bertz CT molecular complexity index is 540. The second-order valence-electron chi connectivity index (χ2n) is 4.03. The standard InChI is InChI=1S/C13H14FNO2S/c1-8-7-18-13(15-8)6-17-12-5-10(14)3-4-11(12)9(2)16/h3-5,7,9,16H,6H2,1-2H3. The maximum Gasteiger partial charge on any atom is 0.140 e. The van der Waals surface area contributed by atoms with Crippen LogP contribution < -0.4 is 4.74 Å². The third-order valence-corrected chi connectivity index (χ3v) is 3.38. The number of aryl methyl sites for hydroxylation is 1. The molecule has 5 heteroatoms. The van der Waals surface area contributed by atoms with Gasteiger partial charge in [-0.3, -0.25) is 0 Å². The molecule has 96 valence electrons. The quantitative estimate of drug-likeness (QED) is 0.924. The van der Waals surface area contributed by atoms with Gasteiger partial charge in [0.15, 0.2) is 0 Å². The smallest absolute Gasteiger partial charge is 0.140 e. The predicted molar refractivity (Wildman–Crippen MR) is 68.2 cm³/mol. The molecule has 1 unspecified atom stereocenters. The van der Waals surface area contributed by atoms with E-state index in [-0.39, 0.29) is 12.4 Å². The van der Waals surface area contributed by atoms with Crippen LogP contribution in [0.3, 0.4) is 0 Å². The van der Waals surface area contributed by atoms with Gasteiger partial charge in [-0.25, -0.2) is 9.37 Å². The lowest BCUT2D eigenvalue weighted by Gasteiger charge is -2.12. The molecule has 0 aliphatic heterocycles. The fourth-order valence-corrected chi connectivity index (χ4v) is 2.27. The molecule has 0 saturated heterocycles. The van der Waals surface area contributed by atoms with E-state index in [1.54, 1.807) is 6.92 Å². The number of ether oxygens (including phenoxy) is 1. The van der Waals surface area contributed by atoms with E-state index in [1.165, 1.54) is 29.5 Å². The van der Waals surface area contributed by atoms with E-state index in [0.717, 1.165) is 10.7 Å². The summed E-state index contributed by atoms with van der Waals surface area (Å²) < 4.78 is 18.7. The van der Waals surface area contributed by atoms with Gasteiger partial charge < -0.3 is 9.84 Å². The zero-order valence-electron chi connectivity index (χ0n) is 10.2. The van der Waals surface area contributed by atoms with Crippen LogP contribution in [0.15, 0.2) is 23.6 Å². The van der Waals surface area contributed by atoms with Crippen LogP contribution in [0.25, 0.3) is 0 Å². The Morgan fingerprint density at radius 2 is 2.28 bits per heavy atom. The number of hydrogen-bond acceptors (Lipinski definition) is 4. The van der Waals surface area contributed by atoms with Crippen LogP contribution in [-0.4, -0.2) is 10.1 Å². The van der Waals surface area contributed by atoms with Crippen molar-refractivity contribution < 1.29 is 14.2 Å². The van der Waals surface area contributed by atoms with Crippen molar-refractivity contribution in [2.75, 3.05) is 0 Å². The van der Waals surface area contributed by atoms with E-state index >= 15 is 0 Å². The normalized spacial score (nSPS) is 12.4. The highest BCUT2D eigenvalue weighted by Crippen LogP contribution is 2.27. The second kappa shape index (κ2) is 5.46. The summed E-state index contributed by atoms with van der Waals surface area (Å²) >= 11 is 1.49. The molecule has 1 N–H and O–H groups in total. The van der Waals surface area contributed by atoms with Gasteiger partial charge in [-0.2, -0.15) is 0 Å². The van der Waals surface area contributed by atoms with Crippen molar-refractivity contribution >= 4 is 11.3 Å². The summed E-state index contributed by atoms with van der Waals surface area (Å²) in [6, 6.07) is 4.12. The van der Waals surface area contributed by atoms with Gasteiger partial charge in [-0.05, 0) is 26.0 Å². The summed E-state index contributed by atoms with van der Waals surface area (Å²) in [5.74, 6) is -0.0254. The number of rotatable bonds is 4. The number of nitrogens with zero attached hydrogens (tertiary/aromatic N) is 1. The van der Waals surface area contributed by atoms with Gasteiger partial charge in [0, 0.05) is 22.7 Å². The molecule has 2 rings (SSSR count). The van der Waals surface area contributed by atoms with Crippen molar-refractivity contribution in [3.05, 3.63) is 45.7 Å². The number of hydrogen-bond donors (Lipinski definition) is 1. The summed E-state index contributed by atoms with van der Waals surface area (Å²) in [6.07, 6.45) is -0.696. The molecule has 0 aliphatic rings. The average molecular weight is 267 g/mol. The summed E-state index contributed by atoms with van der Waals surface area (Å²) in [6.45, 7) is 3.80. The molecule has 2 aromatic rings. The summed E-state index contributed by atoms with van der Waals surface area (Å²) in [5, 5.41) is 12.3. The largest absolute Gasteiger partial charge is 0.486 e. The first kappa shape index (κ1) is 13.0. The third kappa shape index (κ3) is 3.05. The van der Waals surface area contributed by atoms with Crippen LogP contribution in [0.5, 0.6) is 5.75 Å². The van der Waals surface area contributed by atoms with Gasteiger partial charge in [0.2, 0.25) is 0 Å². The van der Waals surface area contributed by atoms with Crippen LogP contribution in [0.2, 0.25) is 0 Å². The Kier molecular flexibility index (Phi) is 3.93. The Labute approximate surface area is 109 Å². The van der Waals surface area contributed by atoms with E-state index in [4.69, 9.17) is 4.74 Å². The lowest BCUT2D eigenvalue weighted by Crippen LogP contribution is -2.01. The average Bonchev–Trinajstić information content (AvgIpc) is 2.72. The molecule has 18 heavy (non-hydrogen) atoms. The first-order valence-electron chi connectivity index (χ1n) is 5.57. The predicted octanol–water partition coefficient (Wildman–Crippen LogP) is 3.22. The first-order chi connectivity index (χ1) is 8.56. The highest BCUT2D eigenvalue weighted by Gasteiger charge is 2.11. The van der Waals surface area contributed by atoms with Crippen molar-refractivity contribution in [3.8, 4) is 5.75 Å². The number of aliphatic hydroxyl groups is 1. The molecule has 1 heterocycles. The molecule has 0 radical (unpaired) electrons. The summed E-state index contributed by atoms with van der Waals surface area (Å²) in [7, 11) is 0. The van der Waals surface area contributed by atoms with Gasteiger partial charge >= 0.3 is 0 Å². The number of halogens is 1. The maximum absolute atomic E-state index is 13.2. The Hall–Kier alpha value is -1.46. The van der Waals surface area contributed by atoms with Crippen LogP contribution in [0.1, 0.15) is 29.3 Å². The van der Waals surface area contributed by atoms with E-state index in [2.05, 4.69) is 4.98 Å². The van der Waals surface area contributed by atoms with Crippen LogP contribution in [0, 0.1) is 12.7 Å². The van der Waals surface area contributed by atoms with Gasteiger partial charge in [-0.1, -0.05) is 0 Å². The van der Waals surface area contributed by atoms with Crippen LogP contribution in [0.4, 0.5) is 4.39 Å². The summed E-state index contributed by atoms with van der Waals surface area (Å²) in [5.41, 5.74) is 1.51. The van der Waals surface area contributed by atoms with Crippen molar-refractivity contribution in [1.82, 2.24) is 4.98 Å². The molecule has 1 atom stereocenters. The SMILES string of the molecule is Cc1csc(COc2cc(F)ccc2C(C)O)n1. The van der Waals surface area contributed by atoms with E-state index in [1.807, 2.05) is 12.3 Å². The fourth-order valence-electron chi connectivity index (χ4n) is 1.59. The first-order valence-corrected chi connectivity index (χ1v) is 6.45. The van der Waals surface area contributed by atoms with Crippen LogP contribution in [-0.2, 0) is 6.61 Å². The zero-order chi connectivity index (χ0) is 13.1. The number of aromatic nitrogens is 1. The Balaban J connectivity index is 2.15. The third-order valence-electron chi connectivity index (χ3n) is 2.44. The minimum Gasteiger partial charge on any atom is -0.486 e. The highest BCUT2D eigenvalue weighted by atomic mass is 32.1. The molecule has 1 aromatic heterocycles. The van der Waals surface area contributed by atoms with Gasteiger partial charge in [0.05, 0.1) is 6.10 Å². The van der Waals surface area contributed by atoms with Crippen LogP contribution >= 0.6 is 11.3 Å². The summed E-state index contributed by atoms with van der Waals surface area (Å²) in [4.78, 5) is 4.26. The Morgan fingerprint density at radius 3 is 2.89 bits per heavy atom. The number of thiazole rings is 1. The monoisotopic (exact) mass is 267 g/mol. The molecule has 0 bridgehead atoms. The van der Waals surface area contributed by atoms with E-state index < -0.39 is 6.10 Å². The number of benzene rings is 1. The minimum atomic E-state index is -0.696. The van der Waals surface area contributed by atoms with Crippen molar-refractivity contribution in [1.29, 1.82) is 0 Å². The molecule has 0 saturated carbocycles. The molecule has 0 amide bonds. The van der Waals surface area contributed by atoms with Crippen molar-refractivity contribution in [2.45, 2.75) is 26.6 Å². The lowest BCUT2D eigenvalue weighted by molar-refractivity contribution is 0.189. The minimum absolute atomic E-state index is 0.279. The molecule has 1 aromatic carbocycles. The topological polar surface area (TPSA) is 42.4 Å². The second-order valence-corrected chi connectivity index (χ2v) is 4.97. The van der Waals surface area contributed by atoms with Gasteiger partial charge in [0.1, 0.15) is 23.2 Å². The molecular weight excluding hydrogens is 253 g/mol. The van der Waals surface area contributed by atoms with Crippen molar-refractivity contribution in [2.24, 2.45) is 0 Å². The maximum atomic E-state index is 13.2. The number of aliphatic hydroxyl groups excluding tert-OH is 1. The zero-order valence-corrected chi connectivity index (χ0v) is 11.0. The molecule has 0 aliphatic carbocycles. The Morgan fingerprint density at radius 1 is 1.50 bits per heavy atom. The fraction of sp³-hybridized carbons (Fsp3) is 0.308. The lowest BCUT2D eigenvalue weighted by atomic mass is 10.1. The van der Waals surface area contributed by atoms with Gasteiger partial charge in [0.25, 0.3) is 0 Å². The molecule has 0 fully saturated rings. The molecule has 3 nitrogen and oxygen atoms in total. The van der Waals surface area contributed by atoms with Crippen molar-refractivity contribution in [3.63, 3.8) is 0 Å². The molecule has 0 spiro atoms.